The van der Waals surface area contributed by atoms with Gasteiger partial charge in [0.25, 0.3) is 0 Å². The number of hydrogen-bond donors (Lipinski definition) is 0. The van der Waals surface area contributed by atoms with Crippen LogP contribution in [0.4, 0.5) is 5.69 Å². The van der Waals surface area contributed by atoms with E-state index in [1.165, 1.54) is 11.8 Å². The molecule has 2 aromatic heterocycles. The van der Waals surface area contributed by atoms with Gasteiger partial charge in [0.15, 0.2) is 16.7 Å². The third kappa shape index (κ3) is 4.69. The minimum atomic E-state index is -0.0706. The zero-order chi connectivity index (χ0) is 20.8. The summed E-state index contributed by atoms with van der Waals surface area (Å²) in [5.74, 6) is 1.42. The van der Waals surface area contributed by atoms with Gasteiger partial charge in [-0.2, -0.15) is 5.26 Å². The van der Waals surface area contributed by atoms with Crippen LogP contribution in [-0.4, -0.2) is 33.0 Å². The number of aryl methyl sites for hydroxylation is 2. The normalized spacial score (nSPS) is 10.7. The standard InChI is InChI=1S/C21H23N5O2S/c1-4-25-20(18-7-5-12-28-18)23-24-21(25)29-14-19(27)26(11-6-10-22)17-9-8-15(2)16(3)13-17/h5,7-9,12-13H,4,6,11,14H2,1-3H3. The van der Waals surface area contributed by atoms with Crippen molar-refractivity contribution in [3.05, 3.63) is 47.7 Å². The molecule has 0 radical (unpaired) electrons. The van der Waals surface area contributed by atoms with Crippen LogP contribution in [0.15, 0.2) is 46.2 Å². The summed E-state index contributed by atoms with van der Waals surface area (Å²) < 4.78 is 7.35. The lowest BCUT2D eigenvalue weighted by Crippen LogP contribution is -2.33. The number of rotatable bonds is 8. The number of aromatic nitrogens is 3. The Morgan fingerprint density at radius 2 is 2.10 bits per heavy atom. The monoisotopic (exact) mass is 409 g/mol. The first kappa shape index (κ1) is 20.7. The van der Waals surface area contributed by atoms with Gasteiger partial charge in [0.1, 0.15) is 0 Å². The summed E-state index contributed by atoms with van der Waals surface area (Å²) in [6, 6.07) is 11.7. The number of hydrogen-bond acceptors (Lipinski definition) is 6. The van der Waals surface area contributed by atoms with Crippen molar-refractivity contribution >= 4 is 23.4 Å². The topological polar surface area (TPSA) is 88.0 Å². The minimum absolute atomic E-state index is 0.0706. The van der Waals surface area contributed by atoms with Crippen molar-refractivity contribution in [2.24, 2.45) is 0 Å². The van der Waals surface area contributed by atoms with E-state index < -0.39 is 0 Å². The Labute approximate surface area is 174 Å². The number of furan rings is 1. The van der Waals surface area contributed by atoms with Gasteiger partial charge in [-0.3, -0.25) is 9.36 Å². The summed E-state index contributed by atoms with van der Waals surface area (Å²) in [5, 5.41) is 18.1. The van der Waals surface area contributed by atoms with Crippen LogP contribution in [0.25, 0.3) is 11.6 Å². The number of nitrogens with zero attached hydrogens (tertiary/aromatic N) is 5. The first-order valence-electron chi connectivity index (χ1n) is 9.39. The van der Waals surface area contributed by atoms with Gasteiger partial charge in [0, 0.05) is 18.8 Å². The lowest BCUT2D eigenvalue weighted by Gasteiger charge is -2.22. The third-order valence-electron chi connectivity index (χ3n) is 4.65. The molecule has 3 aromatic rings. The average molecular weight is 410 g/mol. The van der Waals surface area contributed by atoms with Gasteiger partial charge in [0.05, 0.1) is 24.5 Å². The van der Waals surface area contributed by atoms with Gasteiger partial charge in [-0.25, -0.2) is 0 Å². The molecule has 0 aliphatic rings. The summed E-state index contributed by atoms with van der Waals surface area (Å²) in [5.41, 5.74) is 3.08. The quantitative estimate of drug-likeness (QED) is 0.518. The first-order chi connectivity index (χ1) is 14.0. The fourth-order valence-electron chi connectivity index (χ4n) is 2.93. The van der Waals surface area contributed by atoms with Crippen LogP contribution in [0.5, 0.6) is 0 Å². The molecule has 1 aromatic carbocycles. The number of nitriles is 1. The maximum absolute atomic E-state index is 13.0. The molecule has 0 atom stereocenters. The van der Waals surface area contributed by atoms with Gasteiger partial charge in [-0.1, -0.05) is 17.8 Å². The zero-order valence-electron chi connectivity index (χ0n) is 16.8. The Hall–Kier alpha value is -3.05. The molecule has 0 bridgehead atoms. The van der Waals surface area contributed by atoms with Crippen molar-refractivity contribution < 1.29 is 9.21 Å². The van der Waals surface area contributed by atoms with Crippen LogP contribution in [0.1, 0.15) is 24.5 Å². The summed E-state index contributed by atoms with van der Waals surface area (Å²) in [6.07, 6.45) is 1.87. The smallest absolute Gasteiger partial charge is 0.237 e. The van der Waals surface area contributed by atoms with Crippen molar-refractivity contribution in [3.8, 4) is 17.7 Å². The van der Waals surface area contributed by atoms with Crippen LogP contribution in [0.2, 0.25) is 0 Å². The summed E-state index contributed by atoms with van der Waals surface area (Å²) >= 11 is 1.34. The van der Waals surface area contributed by atoms with Crippen LogP contribution >= 0.6 is 11.8 Å². The van der Waals surface area contributed by atoms with Crippen LogP contribution in [0.3, 0.4) is 0 Å². The minimum Gasteiger partial charge on any atom is -0.461 e. The predicted molar refractivity (Wildman–Crippen MR) is 113 cm³/mol. The van der Waals surface area contributed by atoms with Crippen molar-refractivity contribution in [2.75, 3.05) is 17.2 Å². The van der Waals surface area contributed by atoms with E-state index in [9.17, 15) is 4.79 Å². The van der Waals surface area contributed by atoms with E-state index in [1.54, 1.807) is 17.2 Å². The highest BCUT2D eigenvalue weighted by molar-refractivity contribution is 7.99. The SMILES string of the molecule is CCn1c(SCC(=O)N(CCC#N)c2ccc(C)c(C)c2)nnc1-c1ccco1. The van der Waals surface area contributed by atoms with Crippen molar-refractivity contribution in [2.45, 2.75) is 38.9 Å². The number of anilines is 1. The molecule has 0 unspecified atom stereocenters. The van der Waals surface area contributed by atoms with Gasteiger partial charge < -0.3 is 9.32 Å². The summed E-state index contributed by atoms with van der Waals surface area (Å²) in [7, 11) is 0. The van der Waals surface area contributed by atoms with E-state index in [-0.39, 0.29) is 18.1 Å². The molecule has 0 aliphatic heterocycles. The summed E-state index contributed by atoms with van der Waals surface area (Å²) in [4.78, 5) is 14.6. The van der Waals surface area contributed by atoms with E-state index in [2.05, 4.69) is 16.3 Å². The molecular formula is C21H23N5O2S. The average Bonchev–Trinajstić information content (AvgIpc) is 3.38. The second-order valence-corrected chi connectivity index (χ2v) is 7.48. The van der Waals surface area contributed by atoms with Crippen molar-refractivity contribution in [1.29, 1.82) is 5.26 Å². The molecule has 29 heavy (non-hydrogen) atoms. The Bertz CT molecular complexity index is 1020. The Morgan fingerprint density at radius 1 is 1.28 bits per heavy atom. The molecule has 0 N–H and O–H groups in total. The molecule has 0 fully saturated rings. The molecule has 0 saturated heterocycles. The molecule has 8 heteroatoms. The van der Waals surface area contributed by atoms with E-state index in [4.69, 9.17) is 9.68 Å². The second-order valence-electron chi connectivity index (χ2n) is 6.54. The fourth-order valence-corrected chi connectivity index (χ4v) is 3.80. The largest absolute Gasteiger partial charge is 0.461 e. The van der Waals surface area contributed by atoms with Gasteiger partial charge in [-0.15, -0.1) is 10.2 Å². The zero-order valence-corrected chi connectivity index (χ0v) is 17.6. The Balaban J connectivity index is 1.76. The lowest BCUT2D eigenvalue weighted by atomic mass is 10.1. The van der Waals surface area contributed by atoms with Gasteiger partial charge in [0.2, 0.25) is 5.91 Å². The molecule has 1 amide bonds. The summed E-state index contributed by atoms with van der Waals surface area (Å²) in [6.45, 7) is 7.06. The van der Waals surface area contributed by atoms with E-state index >= 15 is 0 Å². The van der Waals surface area contributed by atoms with Gasteiger partial charge >= 0.3 is 0 Å². The molecule has 0 spiro atoms. The molecule has 2 heterocycles. The first-order valence-corrected chi connectivity index (χ1v) is 10.4. The second kappa shape index (κ2) is 9.43. The molecule has 3 rings (SSSR count). The van der Waals surface area contributed by atoms with Gasteiger partial charge in [-0.05, 0) is 56.2 Å². The predicted octanol–water partition coefficient (Wildman–Crippen LogP) is 4.21. The highest BCUT2D eigenvalue weighted by Crippen LogP contribution is 2.26. The Kier molecular flexibility index (Phi) is 6.73. The number of thioether (sulfide) groups is 1. The lowest BCUT2D eigenvalue weighted by molar-refractivity contribution is -0.116. The molecule has 0 aliphatic carbocycles. The van der Waals surface area contributed by atoms with Crippen molar-refractivity contribution in [3.63, 3.8) is 0 Å². The number of carbonyl (C=O) groups is 1. The molecule has 0 saturated carbocycles. The molecular weight excluding hydrogens is 386 g/mol. The van der Waals surface area contributed by atoms with E-state index in [0.717, 1.165) is 16.8 Å². The molecule has 7 nitrogen and oxygen atoms in total. The van der Waals surface area contributed by atoms with E-state index in [0.29, 0.717) is 29.8 Å². The van der Waals surface area contributed by atoms with Crippen LogP contribution in [-0.2, 0) is 11.3 Å². The number of carbonyl (C=O) groups excluding carboxylic acids is 1. The fraction of sp³-hybridized carbons (Fsp3) is 0.333. The van der Waals surface area contributed by atoms with E-state index in [1.807, 2.05) is 49.6 Å². The number of benzene rings is 1. The third-order valence-corrected chi connectivity index (χ3v) is 5.60. The highest BCUT2D eigenvalue weighted by Gasteiger charge is 2.20. The van der Waals surface area contributed by atoms with Crippen LogP contribution in [0, 0.1) is 25.2 Å². The maximum Gasteiger partial charge on any atom is 0.237 e. The molecule has 150 valence electrons. The van der Waals surface area contributed by atoms with Crippen molar-refractivity contribution in [1.82, 2.24) is 14.8 Å². The number of amides is 1. The highest BCUT2D eigenvalue weighted by atomic mass is 32.2. The maximum atomic E-state index is 13.0. The van der Waals surface area contributed by atoms with Crippen LogP contribution < -0.4 is 4.90 Å². The Morgan fingerprint density at radius 3 is 2.76 bits per heavy atom.